The van der Waals surface area contributed by atoms with Crippen molar-refractivity contribution in [2.45, 2.75) is 6.92 Å². The Balaban J connectivity index is 0.666. The first-order valence-corrected chi connectivity index (χ1v) is 39.9. The van der Waals surface area contributed by atoms with Crippen LogP contribution < -0.4 is 0 Å². The predicted octanol–water partition coefficient (Wildman–Crippen LogP) is 25.2. The summed E-state index contributed by atoms with van der Waals surface area (Å²) in [5.74, 6) is 6.74. The number of pyridine rings is 2. The number of rotatable bonds is 19. The van der Waals surface area contributed by atoms with Gasteiger partial charge in [-0.3, -0.25) is 9.97 Å². The van der Waals surface area contributed by atoms with E-state index < -0.39 is 0 Å². The van der Waals surface area contributed by atoms with Crippen LogP contribution in [-0.4, -0.2) is 69.8 Å². The molecule has 0 atom stereocenters. The first kappa shape index (κ1) is 73.3. The van der Waals surface area contributed by atoms with Crippen molar-refractivity contribution in [3.05, 3.63) is 412 Å². The Kier molecular flexibility index (Phi) is 20.0. The van der Waals surface area contributed by atoms with Gasteiger partial charge in [-0.2, -0.15) is 0 Å². The molecule has 0 aliphatic rings. The monoisotopic (exact) mass is 1550 g/mol. The lowest BCUT2D eigenvalue weighted by Crippen LogP contribution is -2.01. The zero-order chi connectivity index (χ0) is 80.8. The van der Waals surface area contributed by atoms with Crippen LogP contribution in [0.3, 0.4) is 0 Å². The third-order valence-electron chi connectivity index (χ3n) is 21.3. The molecule has 20 rings (SSSR count). The van der Waals surface area contributed by atoms with Crippen molar-refractivity contribution in [2.75, 3.05) is 0 Å². The first-order valence-electron chi connectivity index (χ1n) is 39.9. The van der Waals surface area contributed by atoms with E-state index in [1.54, 1.807) is 0 Å². The summed E-state index contributed by atoms with van der Waals surface area (Å²) in [5, 5.41) is 0. The third kappa shape index (κ3) is 15.9. The molecule has 0 bridgehead atoms. The average molecular weight is 1550 g/mol. The van der Waals surface area contributed by atoms with Crippen LogP contribution in [0.5, 0.6) is 0 Å². The highest BCUT2D eigenvalue weighted by molar-refractivity contribution is 5.91. The highest BCUT2D eigenvalue weighted by atomic mass is 15.1. The Bertz CT molecular complexity index is 6970. The Labute approximate surface area is 699 Å². The molecule has 20 aromatic rings. The van der Waals surface area contributed by atoms with Crippen LogP contribution in [0, 0.1) is 6.92 Å². The van der Waals surface area contributed by atoms with Crippen LogP contribution in [-0.2, 0) is 0 Å². The molecule has 6 heterocycles. The number of benzene rings is 14. The second kappa shape index (κ2) is 33.0. The predicted molar refractivity (Wildman–Crippen MR) is 484 cm³/mol. The van der Waals surface area contributed by atoms with Crippen molar-refractivity contribution in [2.24, 2.45) is 0 Å². The molecule has 14 nitrogen and oxygen atoms in total. The molecule has 0 saturated carbocycles. The van der Waals surface area contributed by atoms with Crippen molar-refractivity contribution in [3.8, 4) is 215 Å². The molecular formula is C107H70N14. The van der Waals surface area contributed by atoms with E-state index in [0.29, 0.717) is 69.9 Å². The van der Waals surface area contributed by atoms with E-state index in [9.17, 15) is 0 Å². The SMILES string of the molecule is Cc1cccc(-c2cc(-c3cccc(-c4nc(-c5ccccc5)nc(-c5ccccc5)n4)c3)cc(-c3ccc(-c4ccc(-c5nc(-c6ccccc6)nc(-c6ccc(-c7cc(-c8ccncc8)cc(-c8ccc(-c9nc(-c%10ccccc%10)nc(-c%10ccccc%10)n9)cc8)c7)cc6)n5)cc4)cc3-c3nc(-c4ccccc4)nc(-c4ccccc4)n3)c2)n1. The molecule has 568 valence electrons. The van der Waals surface area contributed by atoms with E-state index in [1.807, 2.05) is 250 Å². The van der Waals surface area contributed by atoms with Crippen molar-refractivity contribution in [3.63, 3.8) is 0 Å². The van der Waals surface area contributed by atoms with Gasteiger partial charge in [0.2, 0.25) is 0 Å². The van der Waals surface area contributed by atoms with Crippen molar-refractivity contribution < 1.29 is 0 Å². The smallest absolute Gasteiger partial charge is 0.164 e. The summed E-state index contributed by atoms with van der Waals surface area (Å²) in [6.45, 7) is 2.02. The zero-order valence-corrected chi connectivity index (χ0v) is 65.4. The molecule has 0 radical (unpaired) electrons. The molecule has 0 spiro atoms. The molecule has 0 aliphatic heterocycles. The Morgan fingerprint density at radius 3 is 0.719 bits per heavy atom. The molecule has 0 saturated heterocycles. The van der Waals surface area contributed by atoms with Gasteiger partial charge in [-0.1, -0.05) is 322 Å². The first-order chi connectivity index (χ1) is 59.8. The summed E-state index contributed by atoms with van der Waals surface area (Å²) in [6.07, 6.45) is 3.66. The maximum atomic E-state index is 5.41. The maximum Gasteiger partial charge on any atom is 0.164 e. The van der Waals surface area contributed by atoms with E-state index >= 15 is 0 Å². The number of hydrogen-bond acceptors (Lipinski definition) is 14. The second-order valence-electron chi connectivity index (χ2n) is 29.4. The van der Waals surface area contributed by atoms with Gasteiger partial charge in [-0.25, -0.2) is 59.8 Å². The topological polar surface area (TPSA) is 180 Å². The minimum absolute atomic E-state index is 0.501. The van der Waals surface area contributed by atoms with Gasteiger partial charge in [0.15, 0.2) is 69.9 Å². The number of aryl methyl sites for hydroxylation is 1. The van der Waals surface area contributed by atoms with Crippen LogP contribution in [0.2, 0.25) is 0 Å². The van der Waals surface area contributed by atoms with E-state index in [-0.39, 0.29) is 0 Å². The standard InChI is InChI=1S/C107H70N14/c1-69-25-23-42-95(109-69)92-66-90(84-40-24-41-86(61-84)106-118-99(77-32-15-5-16-33-77)111-100(119-106)78-34-17-6-18-35-78)65-91(67-92)93-56-55-85(68-94(93)107-120-101(79-36-19-7-20-37-79)116-102(121-107)80-38-21-8-22-39-80)70-43-49-81(50-44-70)104-114-98(76-30-13-4-14-31-76)115-105(117-104)83-53-47-72(48-54-83)88-62-87(63-89(64-88)73-57-59-108-60-58-73)71-45-51-82(52-46-71)103-112-96(74-26-9-2-10-27-74)110-97(113-103)75-28-11-3-12-29-75/h2-68H,1H3. The minimum atomic E-state index is 0.501. The van der Waals surface area contributed by atoms with Gasteiger partial charge in [0.25, 0.3) is 0 Å². The van der Waals surface area contributed by atoms with Gasteiger partial charge >= 0.3 is 0 Å². The molecule has 0 fully saturated rings. The lowest BCUT2D eigenvalue weighted by Gasteiger charge is -2.17. The molecule has 0 N–H and O–H groups in total. The van der Waals surface area contributed by atoms with E-state index in [1.165, 1.54) is 0 Å². The fourth-order valence-electron chi connectivity index (χ4n) is 15.1. The summed E-state index contributed by atoms with van der Waals surface area (Å²) in [7, 11) is 0. The molecule has 0 aliphatic carbocycles. The Hall–Kier alpha value is -16.6. The van der Waals surface area contributed by atoms with Gasteiger partial charge in [0.05, 0.1) is 5.69 Å². The molecule has 121 heavy (non-hydrogen) atoms. The van der Waals surface area contributed by atoms with Gasteiger partial charge < -0.3 is 0 Å². The quantitative estimate of drug-likeness (QED) is 0.0746. The van der Waals surface area contributed by atoms with E-state index in [0.717, 1.165) is 150 Å². The molecule has 0 unspecified atom stereocenters. The number of aromatic nitrogens is 14. The molecule has 14 aromatic carbocycles. The Morgan fingerprint density at radius 1 is 0.132 bits per heavy atom. The van der Waals surface area contributed by atoms with Crippen molar-refractivity contribution in [1.82, 2.24) is 69.8 Å². The zero-order valence-electron chi connectivity index (χ0n) is 65.4. The molecule has 14 heteroatoms. The lowest BCUT2D eigenvalue weighted by molar-refractivity contribution is 1.07. The van der Waals surface area contributed by atoms with Gasteiger partial charge in [-0.15, -0.1) is 0 Å². The van der Waals surface area contributed by atoms with Crippen LogP contribution in [0.1, 0.15) is 5.69 Å². The largest absolute Gasteiger partial charge is 0.265 e. The van der Waals surface area contributed by atoms with Crippen molar-refractivity contribution >= 4 is 0 Å². The third-order valence-corrected chi connectivity index (χ3v) is 21.3. The summed E-state index contributed by atoms with van der Waals surface area (Å²) in [6, 6.07) is 134. The number of hydrogen-bond donors (Lipinski definition) is 0. The van der Waals surface area contributed by atoms with Gasteiger partial charge in [0, 0.05) is 90.4 Å². The lowest BCUT2D eigenvalue weighted by atomic mass is 9.90. The van der Waals surface area contributed by atoms with Gasteiger partial charge in [-0.05, 0) is 146 Å². The van der Waals surface area contributed by atoms with Crippen molar-refractivity contribution in [1.29, 1.82) is 0 Å². The maximum absolute atomic E-state index is 5.41. The highest BCUT2D eigenvalue weighted by Gasteiger charge is 2.23. The summed E-state index contributed by atoms with van der Waals surface area (Å²) in [5.41, 5.74) is 24.9. The summed E-state index contributed by atoms with van der Waals surface area (Å²) >= 11 is 0. The highest BCUT2D eigenvalue weighted by Crippen LogP contribution is 2.43. The number of nitrogens with zero attached hydrogens (tertiary/aromatic N) is 14. The van der Waals surface area contributed by atoms with E-state index in [2.05, 4.69) is 169 Å². The minimum Gasteiger partial charge on any atom is -0.265 e. The summed E-state index contributed by atoms with van der Waals surface area (Å²) in [4.78, 5) is 71.4. The van der Waals surface area contributed by atoms with Crippen LogP contribution >= 0.6 is 0 Å². The van der Waals surface area contributed by atoms with Crippen LogP contribution in [0.25, 0.3) is 215 Å². The fourth-order valence-corrected chi connectivity index (χ4v) is 15.1. The molecule has 6 aromatic heterocycles. The fraction of sp³-hybridized carbons (Fsp3) is 0.00935. The summed E-state index contributed by atoms with van der Waals surface area (Å²) < 4.78 is 0. The normalized spacial score (nSPS) is 11.2. The second-order valence-corrected chi connectivity index (χ2v) is 29.4. The Morgan fingerprint density at radius 2 is 0.364 bits per heavy atom. The average Bonchev–Trinajstić information content (AvgIpc) is 0.764. The van der Waals surface area contributed by atoms with E-state index in [4.69, 9.17) is 64.8 Å². The van der Waals surface area contributed by atoms with Crippen LogP contribution in [0.15, 0.2) is 407 Å². The molecule has 0 amide bonds. The van der Waals surface area contributed by atoms with Gasteiger partial charge in [0.1, 0.15) is 0 Å². The molecular weight excluding hydrogens is 1480 g/mol. The van der Waals surface area contributed by atoms with Crippen LogP contribution in [0.4, 0.5) is 0 Å².